The Balaban J connectivity index is 1.96. The highest BCUT2D eigenvalue weighted by Crippen LogP contribution is 2.38. The van der Waals surface area contributed by atoms with Crippen LogP contribution in [-0.2, 0) is 19.1 Å². The molecule has 3 rings (SSSR count). The van der Waals surface area contributed by atoms with Crippen LogP contribution in [0.15, 0.2) is 34.9 Å². The Labute approximate surface area is 157 Å². The second-order valence-electron chi connectivity index (χ2n) is 6.78. The lowest BCUT2D eigenvalue weighted by atomic mass is 9.86. The molecule has 0 bridgehead atoms. The van der Waals surface area contributed by atoms with E-state index in [1.165, 1.54) is 12.0 Å². The van der Waals surface area contributed by atoms with E-state index in [1.54, 1.807) is 31.2 Å². The molecule has 0 radical (unpaired) electrons. The lowest BCUT2D eigenvalue weighted by Gasteiger charge is -2.17. The van der Waals surface area contributed by atoms with Gasteiger partial charge < -0.3 is 4.74 Å². The van der Waals surface area contributed by atoms with Gasteiger partial charge in [0.05, 0.1) is 12.8 Å². The zero-order valence-electron chi connectivity index (χ0n) is 15.0. The summed E-state index contributed by atoms with van der Waals surface area (Å²) in [6.07, 6.45) is 3.77. The van der Waals surface area contributed by atoms with E-state index in [4.69, 9.17) is 11.6 Å². The fraction of sp³-hybridized carbons (Fsp3) is 0.350. The molecule has 26 heavy (non-hydrogen) atoms. The van der Waals surface area contributed by atoms with Gasteiger partial charge in [0.1, 0.15) is 0 Å². The van der Waals surface area contributed by atoms with Gasteiger partial charge in [-0.25, -0.2) is 9.69 Å². The van der Waals surface area contributed by atoms with Crippen LogP contribution in [0, 0.1) is 5.92 Å². The van der Waals surface area contributed by atoms with Gasteiger partial charge in [0.2, 0.25) is 0 Å². The maximum atomic E-state index is 12.8. The highest BCUT2D eigenvalue weighted by molar-refractivity contribution is 6.34. The van der Waals surface area contributed by atoms with Crippen molar-refractivity contribution in [1.29, 1.82) is 0 Å². The number of hydrogen-bond acceptors (Lipinski definition) is 4. The number of ether oxygens (including phenoxy) is 1. The number of rotatable bonds is 3. The lowest BCUT2D eigenvalue weighted by Crippen LogP contribution is -2.31. The third-order valence-corrected chi connectivity index (χ3v) is 5.19. The molecule has 1 aromatic rings. The van der Waals surface area contributed by atoms with Crippen molar-refractivity contribution in [3.63, 3.8) is 0 Å². The van der Waals surface area contributed by atoms with Crippen molar-refractivity contribution >= 4 is 41.1 Å². The quantitative estimate of drug-likeness (QED) is 0.458. The Kier molecular flexibility index (Phi) is 5.01. The first-order chi connectivity index (χ1) is 12.3. The van der Waals surface area contributed by atoms with Crippen molar-refractivity contribution in [2.45, 2.75) is 33.1 Å². The number of anilines is 1. The van der Waals surface area contributed by atoms with Crippen molar-refractivity contribution in [2.75, 3.05) is 12.0 Å². The molecule has 1 atom stereocenters. The molecule has 0 fully saturated rings. The van der Waals surface area contributed by atoms with E-state index in [0.717, 1.165) is 6.42 Å². The minimum Gasteiger partial charge on any atom is -0.466 e. The molecule has 1 aromatic carbocycles. The summed E-state index contributed by atoms with van der Waals surface area (Å²) in [5.74, 6) is -0.569. The molecular weight excluding hydrogens is 354 g/mol. The van der Waals surface area contributed by atoms with Crippen molar-refractivity contribution in [3.8, 4) is 0 Å². The second kappa shape index (κ2) is 7.08. The van der Waals surface area contributed by atoms with Crippen LogP contribution in [0.1, 0.15) is 38.7 Å². The molecule has 0 N–H and O–H groups in total. The smallest absolute Gasteiger partial charge is 0.333 e. The topological polar surface area (TPSA) is 63.7 Å². The van der Waals surface area contributed by atoms with Crippen LogP contribution in [0.2, 0.25) is 5.02 Å². The fourth-order valence-corrected chi connectivity index (χ4v) is 3.57. The number of hydrogen-bond donors (Lipinski definition) is 0. The normalized spacial score (nSPS) is 20.5. The lowest BCUT2D eigenvalue weighted by molar-refractivity contribution is -0.136. The average Bonchev–Trinajstić information content (AvgIpc) is 2.86. The largest absolute Gasteiger partial charge is 0.466 e. The van der Waals surface area contributed by atoms with E-state index in [0.29, 0.717) is 51.8 Å². The molecule has 0 aromatic heterocycles. The molecule has 0 saturated carbocycles. The standard InChI is InChI=1S/C20H20ClNO4/c1-11-4-6-15-16(8-11)19(24)22(18(15)23)14-5-7-17(21)13(10-14)9-12(2)20(25)26-3/h5,7,9-11H,4,6,8H2,1-3H3/b12-9-. The number of halogens is 1. The molecule has 0 saturated heterocycles. The Morgan fingerprint density at radius 3 is 2.65 bits per heavy atom. The van der Waals surface area contributed by atoms with Crippen LogP contribution < -0.4 is 4.90 Å². The van der Waals surface area contributed by atoms with Gasteiger partial charge in [-0.2, -0.15) is 0 Å². The minimum atomic E-state index is -0.467. The van der Waals surface area contributed by atoms with E-state index in [1.807, 2.05) is 0 Å². The molecule has 2 aliphatic rings. The van der Waals surface area contributed by atoms with Crippen LogP contribution in [0.5, 0.6) is 0 Å². The molecule has 1 aliphatic heterocycles. The Morgan fingerprint density at radius 2 is 1.96 bits per heavy atom. The maximum absolute atomic E-state index is 12.8. The number of imide groups is 1. The van der Waals surface area contributed by atoms with Crippen molar-refractivity contribution in [2.24, 2.45) is 5.92 Å². The highest BCUT2D eigenvalue weighted by atomic mass is 35.5. The number of carbonyl (C=O) groups is 3. The van der Waals surface area contributed by atoms with Crippen LogP contribution in [0.25, 0.3) is 6.08 Å². The van der Waals surface area contributed by atoms with Crippen LogP contribution >= 0.6 is 11.6 Å². The van der Waals surface area contributed by atoms with Crippen molar-refractivity contribution < 1.29 is 19.1 Å². The molecule has 136 valence electrons. The third kappa shape index (κ3) is 3.19. The summed E-state index contributed by atoms with van der Waals surface area (Å²) in [5.41, 5.74) is 2.63. The van der Waals surface area contributed by atoms with Crippen molar-refractivity contribution in [1.82, 2.24) is 0 Å². The van der Waals surface area contributed by atoms with Gasteiger partial charge in [-0.1, -0.05) is 18.5 Å². The number of carbonyl (C=O) groups excluding carboxylic acids is 3. The number of nitrogens with zero attached hydrogens (tertiary/aromatic N) is 1. The fourth-order valence-electron chi connectivity index (χ4n) is 3.40. The van der Waals surface area contributed by atoms with Gasteiger partial charge in [-0.05, 0) is 61.9 Å². The average molecular weight is 374 g/mol. The Morgan fingerprint density at radius 1 is 1.27 bits per heavy atom. The summed E-state index contributed by atoms with van der Waals surface area (Å²) in [6.45, 7) is 3.70. The summed E-state index contributed by atoms with van der Waals surface area (Å²) in [4.78, 5) is 38.4. The zero-order valence-corrected chi connectivity index (χ0v) is 15.7. The van der Waals surface area contributed by atoms with Gasteiger partial charge in [-0.3, -0.25) is 9.59 Å². The third-order valence-electron chi connectivity index (χ3n) is 4.84. The summed E-state index contributed by atoms with van der Waals surface area (Å²) in [5, 5.41) is 0.419. The first kappa shape index (κ1) is 18.4. The van der Waals surface area contributed by atoms with E-state index < -0.39 is 5.97 Å². The Hall–Kier alpha value is -2.40. The van der Waals surface area contributed by atoms with Crippen LogP contribution in [0.4, 0.5) is 5.69 Å². The molecule has 5 nitrogen and oxygen atoms in total. The first-order valence-corrected chi connectivity index (χ1v) is 8.88. The van der Waals surface area contributed by atoms with E-state index >= 15 is 0 Å². The second-order valence-corrected chi connectivity index (χ2v) is 7.18. The van der Waals surface area contributed by atoms with Gasteiger partial charge in [0, 0.05) is 21.7 Å². The summed E-state index contributed by atoms with van der Waals surface area (Å²) < 4.78 is 4.69. The van der Waals surface area contributed by atoms with E-state index in [2.05, 4.69) is 11.7 Å². The molecule has 6 heteroatoms. The highest BCUT2D eigenvalue weighted by Gasteiger charge is 2.41. The van der Waals surface area contributed by atoms with Gasteiger partial charge >= 0.3 is 5.97 Å². The minimum absolute atomic E-state index is 0.251. The summed E-state index contributed by atoms with van der Waals surface area (Å²) in [6, 6.07) is 4.91. The maximum Gasteiger partial charge on any atom is 0.333 e. The summed E-state index contributed by atoms with van der Waals surface area (Å²) >= 11 is 6.21. The molecule has 1 aliphatic carbocycles. The molecule has 1 unspecified atom stereocenters. The molecule has 0 spiro atoms. The molecular formula is C20H20ClNO4. The first-order valence-electron chi connectivity index (χ1n) is 8.50. The SMILES string of the molecule is COC(=O)/C(C)=C\c1cc(N2C(=O)C3=C(CC(C)CC3)C2=O)ccc1Cl. The van der Waals surface area contributed by atoms with Crippen LogP contribution in [0.3, 0.4) is 0 Å². The van der Waals surface area contributed by atoms with Crippen molar-refractivity contribution in [3.05, 3.63) is 45.5 Å². The van der Waals surface area contributed by atoms with Gasteiger partial charge in [0.25, 0.3) is 11.8 Å². The predicted molar refractivity (Wildman–Crippen MR) is 99.7 cm³/mol. The van der Waals surface area contributed by atoms with E-state index in [-0.39, 0.29) is 11.8 Å². The van der Waals surface area contributed by atoms with Gasteiger partial charge in [0.15, 0.2) is 0 Å². The number of esters is 1. The molecule has 1 heterocycles. The van der Waals surface area contributed by atoms with Crippen LogP contribution in [-0.4, -0.2) is 24.9 Å². The number of methoxy groups -OCH3 is 1. The predicted octanol–water partition coefficient (Wildman–Crippen LogP) is 3.91. The zero-order chi connectivity index (χ0) is 19.0. The molecule has 2 amide bonds. The number of amides is 2. The number of benzene rings is 1. The van der Waals surface area contributed by atoms with E-state index in [9.17, 15) is 14.4 Å². The summed E-state index contributed by atoms with van der Waals surface area (Å²) in [7, 11) is 1.30. The Bertz CT molecular complexity index is 869. The monoisotopic (exact) mass is 373 g/mol. The van der Waals surface area contributed by atoms with Gasteiger partial charge in [-0.15, -0.1) is 0 Å².